The molecule has 150 valence electrons. The molecular weight excluding hydrogens is 452 g/mol. The number of carbonyl (C=O) groups is 1. The summed E-state index contributed by atoms with van der Waals surface area (Å²) in [6.07, 6.45) is 0. The molecule has 31 heavy (non-hydrogen) atoms. The molecule has 0 aliphatic heterocycles. The summed E-state index contributed by atoms with van der Waals surface area (Å²) in [5, 5.41) is 2.91. The van der Waals surface area contributed by atoms with Crippen molar-refractivity contribution in [1.29, 1.82) is 0 Å². The van der Waals surface area contributed by atoms with E-state index in [0.29, 0.717) is 28.2 Å². The van der Waals surface area contributed by atoms with Gasteiger partial charge in [0.15, 0.2) is 5.58 Å². The molecule has 0 aliphatic carbocycles. The van der Waals surface area contributed by atoms with Crippen molar-refractivity contribution in [3.05, 3.63) is 107 Å². The van der Waals surface area contributed by atoms with Crippen molar-refractivity contribution in [3.63, 3.8) is 0 Å². The fourth-order valence-electron chi connectivity index (χ4n) is 3.40. The summed E-state index contributed by atoms with van der Waals surface area (Å²) in [5.74, 6) is 0.367. The summed E-state index contributed by atoms with van der Waals surface area (Å²) in [7, 11) is 0. The Hall–Kier alpha value is -3.70. The molecule has 1 heterocycles. The van der Waals surface area contributed by atoms with Gasteiger partial charge in [0, 0.05) is 21.3 Å². The number of hydrogen-bond acceptors (Lipinski definition) is 3. The predicted octanol–water partition coefficient (Wildman–Crippen LogP) is 7.18. The molecule has 0 aliphatic rings. The van der Waals surface area contributed by atoms with Crippen LogP contribution in [-0.4, -0.2) is 10.9 Å². The molecule has 1 aromatic heterocycles. The average Bonchev–Trinajstić information content (AvgIpc) is 3.23. The lowest BCUT2D eigenvalue weighted by atomic mass is 10.0. The number of nitrogens with zero attached hydrogens (tertiary/aromatic N) is 1. The molecule has 0 spiro atoms. The normalized spacial score (nSPS) is 10.9. The summed E-state index contributed by atoms with van der Waals surface area (Å²) < 4.78 is 6.79. The first-order chi connectivity index (χ1) is 15.2. The highest BCUT2D eigenvalue weighted by molar-refractivity contribution is 9.10. The van der Waals surface area contributed by atoms with Gasteiger partial charge >= 0.3 is 0 Å². The lowest BCUT2D eigenvalue weighted by molar-refractivity contribution is 0.102. The van der Waals surface area contributed by atoms with Gasteiger partial charge in [-0.15, -0.1) is 0 Å². The van der Waals surface area contributed by atoms with Crippen molar-refractivity contribution in [2.75, 3.05) is 5.32 Å². The quantitative estimate of drug-likeness (QED) is 0.304. The maximum Gasteiger partial charge on any atom is 0.255 e. The largest absolute Gasteiger partial charge is 0.436 e. The van der Waals surface area contributed by atoms with Crippen LogP contribution in [0.2, 0.25) is 0 Å². The number of fused-ring (bicyclic) bond motifs is 1. The van der Waals surface area contributed by atoms with Crippen LogP contribution in [0.25, 0.3) is 33.7 Å². The highest BCUT2D eigenvalue weighted by Crippen LogP contribution is 2.28. The van der Waals surface area contributed by atoms with Gasteiger partial charge in [0.25, 0.3) is 5.91 Å². The van der Waals surface area contributed by atoms with Crippen LogP contribution in [0, 0.1) is 0 Å². The topological polar surface area (TPSA) is 55.1 Å². The first-order valence-electron chi connectivity index (χ1n) is 9.79. The second kappa shape index (κ2) is 8.20. The minimum absolute atomic E-state index is 0.180. The Kier molecular flexibility index (Phi) is 5.10. The fraction of sp³-hybridized carbons (Fsp3) is 0. The van der Waals surface area contributed by atoms with Crippen molar-refractivity contribution >= 4 is 38.6 Å². The number of benzene rings is 4. The van der Waals surface area contributed by atoms with Crippen molar-refractivity contribution in [2.24, 2.45) is 0 Å². The molecule has 0 saturated carbocycles. The maximum atomic E-state index is 12.5. The van der Waals surface area contributed by atoms with E-state index in [1.807, 2.05) is 60.7 Å². The Balaban J connectivity index is 1.39. The molecule has 5 rings (SSSR count). The van der Waals surface area contributed by atoms with Crippen LogP contribution >= 0.6 is 15.9 Å². The maximum absolute atomic E-state index is 12.5. The van der Waals surface area contributed by atoms with Crippen LogP contribution in [0.5, 0.6) is 0 Å². The second-order valence-corrected chi connectivity index (χ2v) is 8.03. The van der Waals surface area contributed by atoms with E-state index in [1.54, 1.807) is 12.1 Å². The zero-order valence-electron chi connectivity index (χ0n) is 16.4. The van der Waals surface area contributed by atoms with Gasteiger partial charge in [-0.1, -0.05) is 64.5 Å². The van der Waals surface area contributed by atoms with Gasteiger partial charge in [0.2, 0.25) is 5.89 Å². The van der Waals surface area contributed by atoms with Gasteiger partial charge < -0.3 is 9.73 Å². The van der Waals surface area contributed by atoms with Crippen LogP contribution in [0.3, 0.4) is 0 Å². The molecule has 0 fully saturated rings. The van der Waals surface area contributed by atoms with Gasteiger partial charge in [-0.2, -0.15) is 0 Å². The van der Waals surface area contributed by atoms with Gasteiger partial charge in [-0.3, -0.25) is 4.79 Å². The van der Waals surface area contributed by atoms with E-state index in [2.05, 4.69) is 50.5 Å². The van der Waals surface area contributed by atoms with E-state index in [4.69, 9.17) is 4.42 Å². The molecule has 0 radical (unpaired) electrons. The van der Waals surface area contributed by atoms with Crippen molar-refractivity contribution < 1.29 is 9.21 Å². The van der Waals surface area contributed by atoms with E-state index in [-0.39, 0.29) is 5.91 Å². The van der Waals surface area contributed by atoms with Crippen molar-refractivity contribution in [1.82, 2.24) is 4.98 Å². The summed E-state index contributed by atoms with van der Waals surface area (Å²) in [6.45, 7) is 0. The number of halogens is 1. The van der Waals surface area contributed by atoms with E-state index >= 15 is 0 Å². The summed E-state index contributed by atoms with van der Waals surface area (Å²) in [5.41, 5.74) is 5.80. The number of carbonyl (C=O) groups excluding carboxylic acids is 1. The van der Waals surface area contributed by atoms with Gasteiger partial charge in [0.05, 0.1) is 0 Å². The number of aromatic nitrogens is 1. The first kappa shape index (κ1) is 19.3. The standard InChI is InChI=1S/C26H17BrN2O2/c27-21-8-4-7-20(15-21)25(30)28-22-13-14-24-23(16-22)29-26(31-24)19-11-9-18(10-12-19)17-5-2-1-3-6-17/h1-16H,(H,28,30). The Morgan fingerprint density at radius 1 is 0.774 bits per heavy atom. The zero-order chi connectivity index (χ0) is 21.2. The predicted molar refractivity (Wildman–Crippen MR) is 127 cm³/mol. The third-order valence-electron chi connectivity index (χ3n) is 4.97. The zero-order valence-corrected chi connectivity index (χ0v) is 18.0. The number of rotatable bonds is 4. The van der Waals surface area contributed by atoms with E-state index in [1.165, 1.54) is 0 Å². The average molecular weight is 469 g/mol. The Labute approximate surface area is 187 Å². The molecular formula is C26H17BrN2O2. The molecule has 4 nitrogen and oxygen atoms in total. The molecule has 0 saturated heterocycles. The molecule has 4 aromatic carbocycles. The Morgan fingerprint density at radius 2 is 1.52 bits per heavy atom. The van der Waals surface area contributed by atoms with Crippen molar-refractivity contribution in [2.45, 2.75) is 0 Å². The molecule has 0 unspecified atom stereocenters. The molecule has 5 heteroatoms. The van der Waals surface area contributed by atoms with Crippen LogP contribution in [0.1, 0.15) is 10.4 Å². The fourth-order valence-corrected chi connectivity index (χ4v) is 3.80. The van der Waals surface area contributed by atoms with Crippen LogP contribution in [-0.2, 0) is 0 Å². The molecule has 5 aromatic rings. The number of anilines is 1. The van der Waals surface area contributed by atoms with E-state index in [0.717, 1.165) is 21.2 Å². The Morgan fingerprint density at radius 3 is 2.29 bits per heavy atom. The van der Waals surface area contributed by atoms with Crippen LogP contribution in [0.15, 0.2) is 106 Å². The highest BCUT2D eigenvalue weighted by atomic mass is 79.9. The summed E-state index contributed by atoms with van der Waals surface area (Å²) in [4.78, 5) is 17.1. The lowest BCUT2D eigenvalue weighted by Crippen LogP contribution is -2.11. The second-order valence-electron chi connectivity index (χ2n) is 7.11. The minimum atomic E-state index is -0.180. The molecule has 1 N–H and O–H groups in total. The van der Waals surface area contributed by atoms with Crippen molar-refractivity contribution in [3.8, 4) is 22.6 Å². The van der Waals surface area contributed by atoms with E-state index < -0.39 is 0 Å². The third kappa shape index (κ3) is 4.13. The monoisotopic (exact) mass is 468 g/mol. The smallest absolute Gasteiger partial charge is 0.255 e. The molecule has 0 atom stereocenters. The number of oxazole rings is 1. The number of nitrogens with one attached hydrogen (secondary N) is 1. The van der Waals surface area contributed by atoms with Gasteiger partial charge in [-0.25, -0.2) is 4.98 Å². The molecule has 0 bridgehead atoms. The first-order valence-corrected chi connectivity index (χ1v) is 10.6. The molecule has 1 amide bonds. The summed E-state index contributed by atoms with van der Waals surface area (Å²) >= 11 is 3.39. The van der Waals surface area contributed by atoms with Gasteiger partial charge in [0.1, 0.15) is 5.52 Å². The van der Waals surface area contributed by atoms with E-state index in [9.17, 15) is 4.79 Å². The van der Waals surface area contributed by atoms with Crippen LogP contribution in [0.4, 0.5) is 5.69 Å². The SMILES string of the molecule is O=C(Nc1ccc2oc(-c3ccc(-c4ccccc4)cc3)nc2c1)c1cccc(Br)c1. The number of hydrogen-bond donors (Lipinski definition) is 1. The Bertz CT molecular complexity index is 1380. The number of amides is 1. The minimum Gasteiger partial charge on any atom is -0.436 e. The lowest BCUT2D eigenvalue weighted by Gasteiger charge is -2.05. The highest BCUT2D eigenvalue weighted by Gasteiger charge is 2.11. The van der Waals surface area contributed by atoms with Crippen LogP contribution < -0.4 is 5.32 Å². The third-order valence-corrected chi connectivity index (χ3v) is 5.46. The summed E-state index contributed by atoms with van der Waals surface area (Å²) in [6, 6.07) is 31.0. The van der Waals surface area contributed by atoms with Gasteiger partial charge in [-0.05, 0) is 59.7 Å².